The number of hydrogen-bond acceptors (Lipinski definition) is 5. The second-order valence-corrected chi connectivity index (χ2v) is 9.84. The van der Waals surface area contributed by atoms with Gasteiger partial charge in [-0.2, -0.15) is 0 Å². The Balaban J connectivity index is 0.00000333. The molecule has 2 aromatic carbocycles. The van der Waals surface area contributed by atoms with Crippen LogP contribution in [-0.2, 0) is 6.54 Å². The van der Waals surface area contributed by atoms with E-state index in [-0.39, 0.29) is 5.69 Å². The fourth-order valence-corrected chi connectivity index (χ4v) is 4.54. The van der Waals surface area contributed by atoms with Crippen molar-refractivity contribution in [3.8, 4) is 12.8 Å². The zero-order valence-corrected chi connectivity index (χ0v) is 29.6. The van der Waals surface area contributed by atoms with E-state index in [2.05, 4.69) is 52.3 Å². The summed E-state index contributed by atoms with van der Waals surface area (Å²) in [5, 5.41) is 6.00. The fourth-order valence-electron chi connectivity index (χ4n) is 4.54. The first-order chi connectivity index (χ1) is 22.6. The minimum Gasteiger partial charge on any atom is -0.383 e. The molecule has 1 heterocycles. The van der Waals surface area contributed by atoms with Crippen molar-refractivity contribution in [1.82, 2.24) is 15.3 Å². The highest BCUT2D eigenvalue weighted by Gasteiger charge is 2.19. The molecule has 47 heavy (non-hydrogen) atoms. The van der Waals surface area contributed by atoms with E-state index in [1.165, 1.54) is 11.6 Å². The standard InChI is InChI=1S/C32H38F2N6O.2C2H6.C2H2/c1-7-9-19(3)28(30(35)36-6)25(8-2)23-12-10-22(11-13-23)18-38-31-29(39-20(4)17-37-31)32(41)40-21(5)24-14-15-26(33)27(34)16-24;3*1-2/h8,10-17,21H,7,9,18H2,1-6H3,(H2,35,36)(H,37,38)(H,40,41);2*1-2H3;1-2H/b25-8-,28-19+;;;. The van der Waals surface area contributed by atoms with E-state index in [9.17, 15) is 13.6 Å². The highest BCUT2D eigenvalue weighted by atomic mass is 19.2. The van der Waals surface area contributed by atoms with E-state index < -0.39 is 23.6 Å². The molecule has 0 saturated carbocycles. The summed E-state index contributed by atoms with van der Waals surface area (Å²) in [4.78, 5) is 26.1. The first kappa shape index (κ1) is 42.2. The van der Waals surface area contributed by atoms with Gasteiger partial charge in [-0.1, -0.05) is 83.0 Å². The van der Waals surface area contributed by atoms with Crippen molar-refractivity contribution in [1.29, 1.82) is 0 Å². The van der Waals surface area contributed by atoms with Gasteiger partial charge in [0.2, 0.25) is 0 Å². The highest BCUT2D eigenvalue weighted by molar-refractivity contribution is 6.11. The minimum atomic E-state index is -0.973. The lowest BCUT2D eigenvalue weighted by atomic mass is 9.91. The Labute approximate surface area is 280 Å². The van der Waals surface area contributed by atoms with Gasteiger partial charge in [0.15, 0.2) is 23.1 Å². The number of benzene rings is 2. The van der Waals surface area contributed by atoms with Gasteiger partial charge in [0.05, 0.1) is 17.9 Å². The molecule has 4 N–H and O–H groups in total. The van der Waals surface area contributed by atoms with Crippen LogP contribution in [0.4, 0.5) is 14.6 Å². The molecule has 1 aromatic heterocycles. The van der Waals surface area contributed by atoms with Crippen LogP contribution in [0, 0.1) is 31.4 Å². The summed E-state index contributed by atoms with van der Waals surface area (Å²) in [7, 11) is 1.70. The zero-order valence-electron chi connectivity index (χ0n) is 29.6. The van der Waals surface area contributed by atoms with Gasteiger partial charge in [0.25, 0.3) is 5.91 Å². The van der Waals surface area contributed by atoms with E-state index in [4.69, 9.17) is 5.73 Å². The number of terminal acetylenes is 1. The summed E-state index contributed by atoms with van der Waals surface area (Å²) in [5.74, 6) is -1.57. The van der Waals surface area contributed by atoms with Crippen LogP contribution in [0.5, 0.6) is 0 Å². The number of aryl methyl sites for hydroxylation is 1. The van der Waals surface area contributed by atoms with Crippen LogP contribution in [0.15, 0.2) is 70.9 Å². The normalized spacial score (nSPS) is 12.0. The molecular formula is C38H52F2N6O. The van der Waals surface area contributed by atoms with Crippen LogP contribution in [0.25, 0.3) is 5.57 Å². The maximum atomic E-state index is 13.7. The molecule has 1 atom stereocenters. The van der Waals surface area contributed by atoms with Crippen molar-refractivity contribution in [2.75, 3.05) is 12.4 Å². The third-order valence-corrected chi connectivity index (χ3v) is 6.73. The van der Waals surface area contributed by atoms with Crippen molar-refractivity contribution < 1.29 is 13.6 Å². The largest absolute Gasteiger partial charge is 0.383 e. The van der Waals surface area contributed by atoms with Gasteiger partial charge in [0, 0.05) is 19.2 Å². The molecule has 0 aliphatic carbocycles. The molecule has 0 aliphatic rings. The number of nitrogens with one attached hydrogen (secondary N) is 2. The SMILES string of the molecule is C#C.C/C=C(\C(C(N)=NC)=C(\C)CCC)c1ccc(CNc2ncc(C)nc2C(=O)NC(C)c2ccc(F)c(F)c2)cc1.CC.CC. The molecule has 3 rings (SSSR count). The number of hydrogen-bond donors (Lipinski definition) is 3. The summed E-state index contributed by atoms with van der Waals surface area (Å²) < 4.78 is 27.0. The summed E-state index contributed by atoms with van der Waals surface area (Å²) in [5.41, 5.74) is 12.6. The van der Waals surface area contributed by atoms with E-state index in [1.54, 1.807) is 27.1 Å². The lowest BCUT2D eigenvalue weighted by molar-refractivity contribution is 0.0935. The van der Waals surface area contributed by atoms with E-state index in [1.807, 2.05) is 65.0 Å². The smallest absolute Gasteiger partial charge is 0.274 e. The lowest BCUT2D eigenvalue weighted by Gasteiger charge is -2.17. The van der Waals surface area contributed by atoms with Crippen molar-refractivity contribution in [2.24, 2.45) is 10.7 Å². The van der Waals surface area contributed by atoms with Crippen molar-refractivity contribution in [3.63, 3.8) is 0 Å². The van der Waals surface area contributed by atoms with E-state index in [0.29, 0.717) is 29.5 Å². The number of aliphatic imine (C=N–C) groups is 1. The Kier molecular flexibility index (Phi) is 20.3. The minimum absolute atomic E-state index is 0.114. The predicted octanol–water partition coefficient (Wildman–Crippen LogP) is 8.98. The summed E-state index contributed by atoms with van der Waals surface area (Å²) in [6.07, 6.45) is 13.6. The Morgan fingerprint density at radius 1 is 1.06 bits per heavy atom. The van der Waals surface area contributed by atoms with E-state index in [0.717, 1.165) is 47.2 Å². The molecule has 0 saturated heterocycles. The zero-order chi connectivity index (χ0) is 36.1. The topological polar surface area (TPSA) is 105 Å². The molecule has 1 unspecified atom stereocenters. The third-order valence-electron chi connectivity index (χ3n) is 6.73. The average Bonchev–Trinajstić information content (AvgIpc) is 3.10. The number of amidine groups is 1. The number of rotatable bonds is 11. The monoisotopic (exact) mass is 646 g/mol. The van der Waals surface area contributed by atoms with Gasteiger partial charge in [-0.3, -0.25) is 9.79 Å². The molecule has 3 aromatic rings. The second-order valence-electron chi connectivity index (χ2n) is 9.84. The Bertz CT molecular complexity index is 1520. The van der Waals surface area contributed by atoms with Gasteiger partial charge in [0.1, 0.15) is 5.84 Å². The first-order valence-corrected chi connectivity index (χ1v) is 15.9. The Hall–Kier alpha value is -4.84. The summed E-state index contributed by atoms with van der Waals surface area (Å²) in [6, 6.07) is 11.0. The molecule has 7 nitrogen and oxygen atoms in total. The quantitative estimate of drug-likeness (QED) is 0.0835. The molecule has 254 valence electrons. The molecule has 0 bridgehead atoms. The number of aromatic nitrogens is 2. The molecule has 0 spiro atoms. The van der Waals surface area contributed by atoms with Crippen LogP contribution in [0.1, 0.15) is 107 Å². The maximum absolute atomic E-state index is 13.7. The molecular weight excluding hydrogens is 594 g/mol. The first-order valence-electron chi connectivity index (χ1n) is 15.9. The lowest BCUT2D eigenvalue weighted by Crippen LogP contribution is -2.29. The number of amides is 1. The van der Waals surface area contributed by atoms with Gasteiger partial charge < -0.3 is 16.4 Å². The molecule has 1 amide bonds. The highest BCUT2D eigenvalue weighted by Crippen LogP contribution is 2.28. The van der Waals surface area contributed by atoms with Gasteiger partial charge in [-0.05, 0) is 68.5 Å². The predicted molar refractivity (Wildman–Crippen MR) is 194 cm³/mol. The number of anilines is 1. The molecule has 0 radical (unpaired) electrons. The number of nitrogens with zero attached hydrogens (tertiary/aromatic N) is 3. The number of allylic oxidation sites excluding steroid dienone is 2. The summed E-state index contributed by atoms with van der Waals surface area (Å²) >= 11 is 0. The van der Waals surface area contributed by atoms with Crippen molar-refractivity contribution >= 4 is 23.1 Å². The number of carbonyl (C=O) groups excluding carboxylic acids is 1. The van der Waals surface area contributed by atoms with Crippen molar-refractivity contribution in [3.05, 3.63) is 106 Å². The maximum Gasteiger partial charge on any atom is 0.274 e. The average molecular weight is 647 g/mol. The van der Waals surface area contributed by atoms with Gasteiger partial charge in [-0.15, -0.1) is 12.8 Å². The number of nitrogens with two attached hydrogens (primary N) is 1. The van der Waals surface area contributed by atoms with Gasteiger partial charge in [-0.25, -0.2) is 18.7 Å². The summed E-state index contributed by atoms with van der Waals surface area (Å²) in [6.45, 7) is 18.0. The molecule has 0 aliphatic heterocycles. The van der Waals surface area contributed by atoms with Gasteiger partial charge >= 0.3 is 0 Å². The Morgan fingerprint density at radius 3 is 2.21 bits per heavy atom. The number of halogens is 2. The fraction of sp³-hybridized carbons (Fsp3) is 0.368. The van der Waals surface area contributed by atoms with Crippen LogP contribution >= 0.6 is 0 Å². The van der Waals surface area contributed by atoms with Crippen LogP contribution < -0.4 is 16.4 Å². The van der Waals surface area contributed by atoms with E-state index >= 15 is 0 Å². The van der Waals surface area contributed by atoms with Crippen molar-refractivity contribution in [2.45, 2.75) is 87.7 Å². The molecule has 9 heteroatoms. The Morgan fingerprint density at radius 2 is 1.68 bits per heavy atom. The number of carbonyl (C=O) groups is 1. The molecule has 0 fully saturated rings. The van der Waals surface area contributed by atoms with Crippen LogP contribution in [-0.4, -0.2) is 28.8 Å². The van der Waals surface area contributed by atoms with Crippen LogP contribution in [0.3, 0.4) is 0 Å². The van der Waals surface area contributed by atoms with Crippen LogP contribution in [0.2, 0.25) is 0 Å². The third kappa shape index (κ3) is 12.5. The second kappa shape index (κ2) is 22.6.